The number of aromatic nitrogens is 1. The van der Waals surface area contributed by atoms with Gasteiger partial charge in [0.25, 0.3) is 0 Å². The highest BCUT2D eigenvalue weighted by Gasteiger charge is 2.10. The van der Waals surface area contributed by atoms with Gasteiger partial charge in [-0.25, -0.2) is 9.37 Å². The molecule has 5 heteroatoms. The van der Waals surface area contributed by atoms with Gasteiger partial charge in [0, 0.05) is 5.38 Å². The summed E-state index contributed by atoms with van der Waals surface area (Å²) in [4.78, 5) is 15.4. The average Bonchev–Trinajstić information content (AvgIpc) is 2.80. The number of thiazole rings is 1. The van der Waals surface area contributed by atoms with Crippen LogP contribution >= 0.6 is 11.3 Å². The molecule has 0 spiro atoms. The van der Waals surface area contributed by atoms with E-state index in [1.54, 1.807) is 5.51 Å². The lowest BCUT2D eigenvalue weighted by molar-refractivity contribution is 0.101. The van der Waals surface area contributed by atoms with Crippen LogP contribution in [0.1, 0.15) is 23.0 Å². The third kappa shape index (κ3) is 2.88. The molecule has 0 saturated carbocycles. The van der Waals surface area contributed by atoms with Gasteiger partial charge in [-0.05, 0) is 25.1 Å². The van der Waals surface area contributed by atoms with E-state index in [1.165, 1.54) is 36.5 Å². The van der Waals surface area contributed by atoms with Crippen LogP contribution < -0.4 is 4.74 Å². The van der Waals surface area contributed by atoms with E-state index in [0.29, 0.717) is 5.75 Å². The summed E-state index contributed by atoms with van der Waals surface area (Å²) in [7, 11) is 0. The van der Waals surface area contributed by atoms with Crippen molar-refractivity contribution in [3.05, 3.63) is 46.2 Å². The van der Waals surface area contributed by atoms with E-state index in [0.717, 1.165) is 5.69 Å². The van der Waals surface area contributed by atoms with Crippen molar-refractivity contribution in [2.75, 3.05) is 0 Å². The molecule has 1 aromatic carbocycles. The van der Waals surface area contributed by atoms with Crippen LogP contribution in [0.4, 0.5) is 4.39 Å². The van der Waals surface area contributed by atoms with Crippen LogP contribution in [0.25, 0.3) is 0 Å². The number of nitrogens with zero attached hydrogens (tertiary/aromatic N) is 1. The zero-order chi connectivity index (χ0) is 12.3. The Labute approximate surface area is 102 Å². The molecule has 0 radical (unpaired) electrons. The Bertz CT molecular complexity index is 525. The largest absolute Gasteiger partial charge is 0.487 e. The van der Waals surface area contributed by atoms with Crippen LogP contribution in [-0.2, 0) is 6.61 Å². The van der Waals surface area contributed by atoms with Gasteiger partial charge in [-0.3, -0.25) is 4.79 Å². The van der Waals surface area contributed by atoms with Crippen molar-refractivity contribution in [2.45, 2.75) is 13.5 Å². The minimum atomic E-state index is -0.448. The third-order valence-electron chi connectivity index (χ3n) is 2.18. The van der Waals surface area contributed by atoms with Crippen molar-refractivity contribution in [3.63, 3.8) is 0 Å². The average molecular weight is 251 g/mol. The van der Waals surface area contributed by atoms with Crippen molar-refractivity contribution >= 4 is 17.1 Å². The van der Waals surface area contributed by atoms with Crippen molar-refractivity contribution in [2.24, 2.45) is 0 Å². The Morgan fingerprint density at radius 2 is 2.35 bits per heavy atom. The molecule has 0 aliphatic rings. The van der Waals surface area contributed by atoms with Gasteiger partial charge in [-0.1, -0.05) is 0 Å². The highest BCUT2D eigenvalue weighted by atomic mass is 32.1. The van der Waals surface area contributed by atoms with E-state index in [4.69, 9.17) is 4.74 Å². The molecule has 0 amide bonds. The van der Waals surface area contributed by atoms with Gasteiger partial charge in [0.05, 0.1) is 16.8 Å². The number of ether oxygens (including phenoxy) is 1. The van der Waals surface area contributed by atoms with Gasteiger partial charge in [-0.2, -0.15) is 0 Å². The summed E-state index contributed by atoms with van der Waals surface area (Å²) in [5.41, 5.74) is 2.74. The Morgan fingerprint density at radius 3 is 3.00 bits per heavy atom. The highest BCUT2D eigenvalue weighted by molar-refractivity contribution is 7.07. The molecule has 17 heavy (non-hydrogen) atoms. The smallest absolute Gasteiger partial charge is 0.163 e. The first-order valence-corrected chi connectivity index (χ1v) is 5.91. The molecule has 2 aromatic rings. The van der Waals surface area contributed by atoms with Crippen LogP contribution in [0.5, 0.6) is 5.75 Å². The summed E-state index contributed by atoms with van der Waals surface area (Å²) in [5, 5.41) is 1.86. The summed E-state index contributed by atoms with van der Waals surface area (Å²) in [6, 6.07) is 3.90. The summed E-state index contributed by atoms with van der Waals surface area (Å²) < 4.78 is 18.5. The standard InChI is InChI=1S/C12H10FNO2S/c1-8(15)11-4-9(13)2-3-12(11)16-5-10-6-17-7-14-10/h2-4,6-7H,5H2,1H3. The fourth-order valence-corrected chi connectivity index (χ4v) is 1.91. The quantitative estimate of drug-likeness (QED) is 0.784. The lowest BCUT2D eigenvalue weighted by atomic mass is 10.1. The predicted molar refractivity (Wildman–Crippen MR) is 62.9 cm³/mol. The van der Waals surface area contributed by atoms with E-state index >= 15 is 0 Å². The van der Waals surface area contributed by atoms with Gasteiger partial charge in [0.2, 0.25) is 0 Å². The van der Waals surface area contributed by atoms with Gasteiger partial charge in [0.1, 0.15) is 18.2 Å². The molecule has 0 bridgehead atoms. The van der Waals surface area contributed by atoms with E-state index in [-0.39, 0.29) is 18.0 Å². The monoisotopic (exact) mass is 251 g/mol. The molecule has 2 rings (SSSR count). The number of benzene rings is 1. The van der Waals surface area contributed by atoms with Crippen LogP contribution in [0.3, 0.4) is 0 Å². The number of halogens is 1. The lowest BCUT2D eigenvalue weighted by Crippen LogP contribution is -2.02. The zero-order valence-electron chi connectivity index (χ0n) is 9.14. The number of hydrogen-bond acceptors (Lipinski definition) is 4. The second-order valence-corrected chi connectivity index (χ2v) is 4.18. The van der Waals surface area contributed by atoms with Crippen molar-refractivity contribution in [1.82, 2.24) is 4.98 Å². The Balaban J connectivity index is 2.17. The van der Waals surface area contributed by atoms with E-state index in [1.807, 2.05) is 5.38 Å². The molecule has 3 nitrogen and oxygen atoms in total. The van der Waals surface area contributed by atoms with Crippen LogP contribution in [0, 0.1) is 5.82 Å². The van der Waals surface area contributed by atoms with Crippen molar-refractivity contribution in [1.29, 1.82) is 0 Å². The number of hydrogen-bond donors (Lipinski definition) is 0. The Kier molecular flexibility index (Phi) is 3.49. The van der Waals surface area contributed by atoms with Gasteiger partial charge >= 0.3 is 0 Å². The van der Waals surface area contributed by atoms with Crippen molar-refractivity contribution < 1.29 is 13.9 Å². The Morgan fingerprint density at radius 1 is 1.53 bits per heavy atom. The molecule has 88 valence electrons. The maximum Gasteiger partial charge on any atom is 0.163 e. The van der Waals surface area contributed by atoms with E-state index in [9.17, 15) is 9.18 Å². The number of carbonyl (C=O) groups excluding carboxylic acids is 1. The lowest BCUT2D eigenvalue weighted by Gasteiger charge is -2.08. The fraction of sp³-hybridized carbons (Fsp3) is 0.167. The molecular formula is C12H10FNO2S. The van der Waals surface area contributed by atoms with Crippen LogP contribution in [0.15, 0.2) is 29.1 Å². The second kappa shape index (κ2) is 5.05. The summed E-state index contributed by atoms with van der Waals surface area (Å²) >= 11 is 1.47. The summed E-state index contributed by atoms with van der Waals surface area (Å²) in [5.74, 6) is -0.291. The summed E-state index contributed by atoms with van der Waals surface area (Å²) in [6.07, 6.45) is 0. The van der Waals surface area contributed by atoms with Crippen molar-refractivity contribution in [3.8, 4) is 5.75 Å². The first kappa shape index (κ1) is 11.7. The molecule has 1 heterocycles. The van der Waals surface area contributed by atoms with E-state index < -0.39 is 5.82 Å². The number of ketones is 1. The predicted octanol–water partition coefficient (Wildman–Crippen LogP) is 3.06. The molecule has 0 saturated heterocycles. The molecule has 0 N–H and O–H groups in total. The minimum Gasteiger partial charge on any atom is -0.487 e. The summed E-state index contributed by atoms with van der Waals surface area (Å²) in [6.45, 7) is 1.65. The molecule has 0 unspecified atom stereocenters. The minimum absolute atomic E-state index is 0.224. The van der Waals surface area contributed by atoms with Gasteiger partial charge < -0.3 is 4.74 Å². The van der Waals surface area contributed by atoms with Crippen LogP contribution in [0.2, 0.25) is 0 Å². The molecular weight excluding hydrogens is 241 g/mol. The van der Waals surface area contributed by atoms with E-state index in [2.05, 4.69) is 4.98 Å². The molecule has 0 aliphatic carbocycles. The normalized spacial score (nSPS) is 10.2. The van der Waals surface area contributed by atoms with Gasteiger partial charge in [-0.15, -0.1) is 11.3 Å². The maximum atomic E-state index is 13.0. The topological polar surface area (TPSA) is 39.2 Å². The number of rotatable bonds is 4. The molecule has 0 fully saturated rings. The first-order valence-electron chi connectivity index (χ1n) is 4.97. The fourth-order valence-electron chi connectivity index (χ4n) is 1.36. The molecule has 0 atom stereocenters. The SMILES string of the molecule is CC(=O)c1cc(F)ccc1OCc1cscn1. The second-order valence-electron chi connectivity index (χ2n) is 3.47. The first-order chi connectivity index (χ1) is 8.16. The zero-order valence-corrected chi connectivity index (χ0v) is 9.96. The van der Waals surface area contributed by atoms with Gasteiger partial charge in [0.15, 0.2) is 5.78 Å². The number of carbonyl (C=O) groups is 1. The molecule has 0 aliphatic heterocycles. The maximum absolute atomic E-state index is 13.0. The number of Topliss-reactive ketones (excluding diaryl/α,β-unsaturated/α-hetero) is 1. The molecule has 1 aromatic heterocycles. The van der Waals surface area contributed by atoms with Crippen LogP contribution in [-0.4, -0.2) is 10.8 Å². The highest BCUT2D eigenvalue weighted by Crippen LogP contribution is 2.21. The third-order valence-corrected chi connectivity index (χ3v) is 2.82. The Hall–Kier alpha value is -1.75.